The van der Waals surface area contributed by atoms with Crippen molar-refractivity contribution in [3.63, 3.8) is 0 Å². The van der Waals surface area contributed by atoms with Crippen molar-refractivity contribution in [2.75, 3.05) is 0 Å². The van der Waals surface area contributed by atoms with Crippen LogP contribution < -0.4 is 0 Å². The molecule has 0 bridgehead atoms. The molecule has 0 aliphatic carbocycles. The number of aromatic nitrogens is 1. The van der Waals surface area contributed by atoms with E-state index >= 15 is 0 Å². The number of H-pyrrole nitrogens is 1. The van der Waals surface area contributed by atoms with Crippen molar-refractivity contribution in [3.8, 4) is 0 Å². The SMILES string of the molecule is CC(C)c1ccc2c(C(F)C(=O)O)c[nH]c2c1. The van der Waals surface area contributed by atoms with Crippen molar-refractivity contribution in [3.05, 3.63) is 35.5 Å². The third kappa shape index (κ3) is 2.02. The van der Waals surface area contributed by atoms with Crippen LogP contribution in [0.25, 0.3) is 10.9 Å². The first kappa shape index (κ1) is 11.6. The van der Waals surface area contributed by atoms with Gasteiger partial charge in [0.1, 0.15) is 0 Å². The summed E-state index contributed by atoms with van der Waals surface area (Å²) < 4.78 is 13.5. The summed E-state index contributed by atoms with van der Waals surface area (Å²) in [5, 5.41) is 9.30. The van der Waals surface area contributed by atoms with Crippen LogP contribution in [0.5, 0.6) is 0 Å². The minimum Gasteiger partial charge on any atom is -0.479 e. The van der Waals surface area contributed by atoms with Gasteiger partial charge >= 0.3 is 5.97 Å². The van der Waals surface area contributed by atoms with Crippen molar-refractivity contribution in [1.29, 1.82) is 0 Å². The molecular weight excluding hydrogens is 221 g/mol. The number of carbonyl (C=O) groups is 1. The molecule has 1 unspecified atom stereocenters. The highest BCUT2D eigenvalue weighted by Crippen LogP contribution is 2.29. The van der Waals surface area contributed by atoms with Gasteiger partial charge in [-0.15, -0.1) is 0 Å². The molecule has 0 fully saturated rings. The number of benzene rings is 1. The minimum absolute atomic E-state index is 0.183. The fourth-order valence-corrected chi connectivity index (χ4v) is 1.87. The Balaban J connectivity index is 2.52. The second-order valence-corrected chi connectivity index (χ2v) is 4.40. The van der Waals surface area contributed by atoms with Gasteiger partial charge in [0, 0.05) is 22.7 Å². The van der Waals surface area contributed by atoms with Gasteiger partial charge in [-0.3, -0.25) is 0 Å². The van der Waals surface area contributed by atoms with Crippen LogP contribution in [0.15, 0.2) is 24.4 Å². The quantitative estimate of drug-likeness (QED) is 0.856. The maximum absolute atomic E-state index is 13.5. The number of carboxylic acids is 1. The van der Waals surface area contributed by atoms with Gasteiger partial charge in [-0.25, -0.2) is 9.18 Å². The molecule has 2 rings (SSSR count). The number of hydrogen-bond donors (Lipinski definition) is 2. The van der Waals surface area contributed by atoms with Gasteiger partial charge in [-0.1, -0.05) is 26.0 Å². The van der Waals surface area contributed by atoms with Gasteiger partial charge < -0.3 is 10.1 Å². The van der Waals surface area contributed by atoms with Gasteiger partial charge in [0.15, 0.2) is 0 Å². The molecule has 90 valence electrons. The number of halogens is 1. The lowest BCUT2D eigenvalue weighted by Gasteiger charge is -2.05. The maximum atomic E-state index is 13.5. The van der Waals surface area contributed by atoms with Crippen LogP contribution in [-0.4, -0.2) is 16.1 Å². The van der Waals surface area contributed by atoms with Crippen LogP contribution in [0.2, 0.25) is 0 Å². The predicted molar refractivity (Wildman–Crippen MR) is 63.9 cm³/mol. The molecule has 1 heterocycles. The average Bonchev–Trinajstić information content (AvgIpc) is 2.70. The number of aromatic amines is 1. The molecule has 0 saturated heterocycles. The summed E-state index contributed by atoms with van der Waals surface area (Å²) in [6, 6.07) is 5.60. The molecule has 0 saturated carbocycles. The summed E-state index contributed by atoms with van der Waals surface area (Å²) in [5.74, 6) is -1.08. The van der Waals surface area contributed by atoms with E-state index in [1.54, 1.807) is 6.07 Å². The minimum atomic E-state index is -1.98. The summed E-state index contributed by atoms with van der Waals surface area (Å²) in [7, 11) is 0. The molecule has 2 N–H and O–H groups in total. The summed E-state index contributed by atoms with van der Waals surface area (Å²) in [6.45, 7) is 4.14. The summed E-state index contributed by atoms with van der Waals surface area (Å²) in [6.07, 6.45) is -0.554. The van der Waals surface area contributed by atoms with E-state index in [4.69, 9.17) is 5.11 Å². The average molecular weight is 235 g/mol. The van der Waals surface area contributed by atoms with E-state index in [-0.39, 0.29) is 5.56 Å². The van der Waals surface area contributed by atoms with Gasteiger partial charge in [-0.05, 0) is 17.5 Å². The summed E-state index contributed by atoms with van der Waals surface area (Å²) >= 11 is 0. The predicted octanol–water partition coefficient (Wildman–Crippen LogP) is 3.39. The third-order valence-electron chi connectivity index (χ3n) is 2.89. The highest BCUT2D eigenvalue weighted by Gasteiger charge is 2.21. The van der Waals surface area contributed by atoms with Crippen LogP contribution in [0.4, 0.5) is 4.39 Å². The number of rotatable bonds is 3. The van der Waals surface area contributed by atoms with E-state index in [0.29, 0.717) is 11.3 Å². The van der Waals surface area contributed by atoms with Gasteiger partial charge in [0.25, 0.3) is 0 Å². The number of nitrogens with one attached hydrogen (secondary N) is 1. The topological polar surface area (TPSA) is 53.1 Å². The first-order valence-electron chi connectivity index (χ1n) is 5.48. The van der Waals surface area contributed by atoms with E-state index in [2.05, 4.69) is 18.8 Å². The maximum Gasteiger partial charge on any atom is 0.343 e. The summed E-state index contributed by atoms with van der Waals surface area (Å²) in [5.41, 5.74) is 2.09. The number of fused-ring (bicyclic) bond motifs is 1. The molecule has 2 aromatic rings. The lowest BCUT2D eigenvalue weighted by Crippen LogP contribution is -2.05. The van der Waals surface area contributed by atoms with Crippen LogP contribution in [0.1, 0.15) is 37.1 Å². The Bertz CT molecular complexity index is 560. The first-order chi connectivity index (χ1) is 8.00. The number of hydrogen-bond acceptors (Lipinski definition) is 1. The molecule has 0 radical (unpaired) electrons. The molecule has 0 aliphatic heterocycles. The zero-order valence-corrected chi connectivity index (χ0v) is 9.70. The Hall–Kier alpha value is -1.84. The van der Waals surface area contributed by atoms with E-state index in [1.165, 1.54) is 6.20 Å². The number of carboxylic acid groups (broad SMARTS) is 1. The Kier molecular flexibility index (Phi) is 2.88. The van der Waals surface area contributed by atoms with Crippen molar-refractivity contribution in [2.24, 2.45) is 0 Å². The standard InChI is InChI=1S/C13H14FNO2/c1-7(2)8-3-4-9-10(12(14)13(16)17)6-15-11(9)5-8/h3-7,12,15H,1-2H3,(H,16,17). The molecule has 17 heavy (non-hydrogen) atoms. The van der Waals surface area contributed by atoms with Gasteiger partial charge in [0.2, 0.25) is 6.17 Å². The Morgan fingerprint density at radius 2 is 2.12 bits per heavy atom. The molecule has 4 heteroatoms. The second kappa shape index (κ2) is 4.20. The molecule has 3 nitrogen and oxygen atoms in total. The zero-order valence-electron chi connectivity index (χ0n) is 9.70. The van der Waals surface area contributed by atoms with Gasteiger partial charge in [0.05, 0.1) is 0 Å². The molecule has 1 atom stereocenters. The van der Waals surface area contributed by atoms with Crippen LogP contribution in [-0.2, 0) is 4.79 Å². The number of aliphatic carboxylic acids is 1. The second-order valence-electron chi connectivity index (χ2n) is 4.40. The molecule has 0 amide bonds. The van der Waals surface area contributed by atoms with Crippen LogP contribution in [0.3, 0.4) is 0 Å². The van der Waals surface area contributed by atoms with E-state index < -0.39 is 12.1 Å². The molecule has 1 aromatic carbocycles. The molecular formula is C13H14FNO2. The lowest BCUT2D eigenvalue weighted by atomic mass is 10.0. The van der Waals surface area contributed by atoms with Crippen LogP contribution >= 0.6 is 0 Å². The van der Waals surface area contributed by atoms with E-state index in [9.17, 15) is 9.18 Å². The normalized spacial score (nSPS) is 13.2. The smallest absolute Gasteiger partial charge is 0.343 e. The third-order valence-corrected chi connectivity index (χ3v) is 2.89. The highest BCUT2D eigenvalue weighted by atomic mass is 19.1. The fourth-order valence-electron chi connectivity index (χ4n) is 1.87. The van der Waals surface area contributed by atoms with Crippen molar-refractivity contribution in [2.45, 2.75) is 25.9 Å². The fraction of sp³-hybridized carbons (Fsp3) is 0.308. The summed E-state index contributed by atoms with van der Waals surface area (Å²) in [4.78, 5) is 13.5. The first-order valence-corrected chi connectivity index (χ1v) is 5.48. The monoisotopic (exact) mass is 235 g/mol. The Morgan fingerprint density at radius 3 is 2.71 bits per heavy atom. The van der Waals surface area contributed by atoms with Crippen molar-refractivity contribution in [1.82, 2.24) is 4.98 Å². The van der Waals surface area contributed by atoms with E-state index in [0.717, 1.165) is 11.1 Å². The molecule has 0 aliphatic rings. The van der Waals surface area contributed by atoms with Gasteiger partial charge in [-0.2, -0.15) is 0 Å². The molecule has 0 spiro atoms. The molecule has 1 aromatic heterocycles. The number of alkyl halides is 1. The van der Waals surface area contributed by atoms with E-state index in [1.807, 2.05) is 12.1 Å². The zero-order chi connectivity index (χ0) is 12.6. The Labute approximate surface area is 98.3 Å². The Morgan fingerprint density at radius 1 is 1.41 bits per heavy atom. The van der Waals surface area contributed by atoms with Crippen molar-refractivity contribution < 1.29 is 14.3 Å². The lowest BCUT2D eigenvalue weighted by molar-refractivity contribution is -0.142. The van der Waals surface area contributed by atoms with Crippen LogP contribution in [0, 0.1) is 0 Å². The van der Waals surface area contributed by atoms with Crippen molar-refractivity contribution >= 4 is 16.9 Å². The highest BCUT2D eigenvalue weighted by molar-refractivity contribution is 5.89. The largest absolute Gasteiger partial charge is 0.479 e.